The van der Waals surface area contributed by atoms with Crippen LogP contribution in [0.4, 0.5) is 16.2 Å². The van der Waals surface area contributed by atoms with Gasteiger partial charge in [-0.3, -0.25) is 14.9 Å². The Morgan fingerprint density at radius 1 is 1.33 bits per heavy atom. The van der Waals surface area contributed by atoms with Crippen LogP contribution in [0.1, 0.15) is 44.2 Å². The molecule has 10 nitrogen and oxygen atoms in total. The molecule has 3 amide bonds. The number of aromatic amines is 1. The summed E-state index contributed by atoms with van der Waals surface area (Å²) in [6, 6.07) is 4.16. The Balaban J connectivity index is 1.89. The molecule has 0 saturated carbocycles. The number of hydrogen-bond donors (Lipinski definition) is 4. The number of carbonyl (C=O) groups excluding carboxylic acids is 2. The smallest absolute Gasteiger partial charge is 0.319 e. The Bertz CT molecular complexity index is 1010. The number of benzene rings is 1. The Hall–Kier alpha value is -3.40. The van der Waals surface area contributed by atoms with Gasteiger partial charge in [-0.25, -0.2) is 9.78 Å². The molecular formula is C19H21ClN6O4. The SMILES string of the molecule is CCCCc1nc(Cl)c(C2NC(=O)NC(C)=C2C(=O)Nc2ccc([N+](=O)[O-])cc2)[nH]1. The van der Waals surface area contributed by atoms with E-state index in [1.54, 1.807) is 6.92 Å². The number of unbranched alkanes of at least 4 members (excludes halogenated alkanes) is 1. The lowest BCUT2D eigenvalue weighted by Crippen LogP contribution is -2.46. The quantitative estimate of drug-likeness (QED) is 0.390. The van der Waals surface area contributed by atoms with Crippen molar-refractivity contribution in [1.29, 1.82) is 0 Å². The van der Waals surface area contributed by atoms with Crippen LogP contribution in [-0.2, 0) is 11.2 Å². The molecule has 0 spiro atoms. The lowest BCUT2D eigenvalue weighted by Gasteiger charge is -2.27. The molecule has 1 aliphatic heterocycles. The Kier molecular flexibility index (Phi) is 6.36. The minimum atomic E-state index is -0.827. The van der Waals surface area contributed by atoms with Gasteiger partial charge in [-0.2, -0.15) is 0 Å². The molecule has 0 bridgehead atoms. The maximum atomic E-state index is 13.0. The van der Waals surface area contributed by atoms with Crippen LogP contribution >= 0.6 is 11.6 Å². The van der Waals surface area contributed by atoms with Crippen molar-refractivity contribution >= 4 is 34.9 Å². The number of non-ortho nitro benzene ring substituents is 1. The van der Waals surface area contributed by atoms with E-state index < -0.39 is 22.9 Å². The van der Waals surface area contributed by atoms with Crippen molar-refractivity contribution in [1.82, 2.24) is 20.6 Å². The molecule has 1 atom stereocenters. The van der Waals surface area contributed by atoms with Crippen LogP contribution in [0.5, 0.6) is 0 Å². The standard InChI is InChI=1S/C19H21ClN6O4/c1-3-4-5-13-23-16(17(20)24-13)15-14(10(2)21-19(28)25-15)18(27)22-11-6-8-12(9-7-11)26(29)30/h6-9,15H,3-5H2,1-2H3,(H,22,27)(H,23,24)(H2,21,25,28). The van der Waals surface area contributed by atoms with Crippen molar-refractivity contribution in [2.45, 2.75) is 39.2 Å². The van der Waals surface area contributed by atoms with E-state index in [2.05, 4.69) is 32.8 Å². The van der Waals surface area contributed by atoms with Crippen LogP contribution in [0.25, 0.3) is 0 Å². The number of H-pyrrole nitrogens is 1. The van der Waals surface area contributed by atoms with Crippen LogP contribution < -0.4 is 16.0 Å². The number of carbonyl (C=O) groups is 2. The summed E-state index contributed by atoms with van der Waals surface area (Å²) in [4.78, 5) is 42.7. The van der Waals surface area contributed by atoms with Crippen molar-refractivity contribution in [3.63, 3.8) is 0 Å². The molecule has 1 aromatic carbocycles. The van der Waals surface area contributed by atoms with E-state index in [1.165, 1.54) is 24.3 Å². The Morgan fingerprint density at radius 2 is 2.03 bits per heavy atom. The molecule has 1 aromatic heterocycles. The zero-order valence-corrected chi connectivity index (χ0v) is 17.2. The van der Waals surface area contributed by atoms with E-state index in [4.69, 9.17) is 11.6 Å². The highest BCUT2D eigenvalue weighted by Gasteiger charge is 2.34. The van der Waals surface area contributed by atoms with Crippen LogP contribution in [-0.4, -0.2) is 26.8 Å². The summed E-state index contributed by atoms with van der Waals surface area (Å²) in [5.74, 6) is 0.192. The Labute approximate surface area is 177 Å². The normalized spacial score (nSPS) is 16.1. The number of amides is 3. The van der Waals surface area contributed by atoms with Gasteiger partial charge in [0.2, 0.25) is 0 Å². The van der Waals surface area contributed by atoms with Crippen molar-refractivity contribution < 1.29 is 14.5 Å². The second-order valence-corrected chi connectivity index (χ2v) is 7.18. The fraction of sp³-hybridized carbons (Fsp3) is 0.316. The monoisotopic (exact) mass is 432 g/mol. The average molecular weight is 433 g/mol. The van der Waals surface area contributed by atoms with E-state index in [9.17, 15) is 19.7 Å². The number of aromatic nitrogens is 2. The fourth-order valence-electron chi connectivity index (χ4n) is 3.14. The van der Waals surface area contributed by atoms with Gasteiger partial charge >= 0.3 is 6.03 Å². The maximum absolute atomic E-state index is 13.0. The number of urea groups is 1. The second kappa shape index (κ2) is 8.95. The van der Waals surface area contributed by atoms with E-state index in [-0.39, 0.29) is 16.4 Å². The summed E-state index contributed by atoms with van der Waals surface area (Å²) in [5.41, 5.74) is 1.33. The molecular weight excluding hydrogens is 412 g/mol. The molecule has 0 fully saturated rings. The molecule has 1 aliphatic rings. The number of anilines is 1. The second-order valence-electron chi connectivity index (χ2n) is 6.82. The third kappa shape index (κ3) is 4.60. The van der Waals surface area contributed by atoms with Gasteiger partial charge in [0.1, 0.15) is 11.9 Å². The molecule has 0 radical (unpaired) electrons. The number of nitro benzene ring substituents is 1. The minimum Gasteiger partial charge on any atom is -0.343 e. The lowest BCUT2D eigenvalue weighted by molar-refractivity contribution is -0.384. The number of halogens is 1. The molecule has 158 valence electrons. The number of rotatable bonds is 7. The third-order valence-electron chi connectivity index (χ3n) is 4.64. The number of imidazole rings is 1. The fourth-order valence-corrected chi connectivity index (χ4v) is 3.40. The number of nitrogens with one attached hydrogen (secondary N) is 4. The van der Waals surface area contributed by atoms with Gasteiger partial charge in [-0.1, -0.05) is 24.9 Å². The highest BCUT2D eigenvalue weighted by molar-refractivity contribution is 6.30. The number of nitro groups is 1. The summed E-state index contributed by atoms with van der Waals surface area (Å²) < 4.78 is 0. The van der Waals surface area contributed by atoms with Crippen LogP contribution in [0.3, 0.4) is 0 Å². The highest BCUT2D eigenvalue weighted by atomic mass is 35.5. The molecule has 0 saturated heterocycles. The summed E-state index contributed by atoms with van der Waals surface area (Å²) in [6.07, 6.45) is 2.60. The minimum absolute atomic E-state index is 0.0864. The maximum Gasteiger partial charge on any atom is 0.319 e. The summed E-state index contributed by atoms with van der Waals surface area (Å²) >= 11 is 6.30. The topological polar surface area (TPSA) is 142 Å². The third-order valence-corrected chi connectivity index (χ3v) is 4.93. The van der Waals surface area contributed by atoms with Gasteiger partial charge in [-0.15, -0.1) is 0 Å². The zero-order valence-electron chi connectivity index (χ0n) is 16.4. The first-order chi connectivity index (χ1) is 14.3. The van der Waals surface area contributed by atoms with Crippen molar-refractivity contribution in [3.8, 4) is 0 Å². The van der Waals surface area contributed by atoms with E-state index in [0.717, 1.165) is 12.8 Å². The predicted molar refractivity (Wildman–Crippen MR) is 111 cm³/mol. The van der Waals surface area contributed by atoms with Crippen molar-refractivity contribution in [3.05, 3.63) is 62.3 Å². The predicted octanol–water partition coefficient (Wildman–Crippen LogP) is 3.58. The van der Waals surface area contributed by atoms with E-state index >= 15 is 0 Å². The van der Waals surface area contributed by atoms with Gasteiger partial charge in [-0.05, 0) is 25.5 Å². The first kappa shape index (κ1) is 21.3. The molecule has 4 N–H and O–H groups in total. The van der Waals surface area contributed by atoms with Crippen molar-refractivity contribution in [2.24, 2.45) is 0 Å². The summed E-state index contributed by atoms with van der Waals surface area (Å²) in [5, 5.41) is 19.0. The number of nitrogens with zero attached hydrogens (tertiary/aromatic N) is 2. The van der Waals surface area contributed by atoms with Crippen LogP contribution in [0, 0.1) is 10.1 Å². The first-order valence-corrected chi connectivity index (χ1v) is 9.76. The number of hydrogen-bond acceptors (Lipinski definition) is 5. The van der Waals surface area contributed by atoms with E-state index in [1.807, 2.05) is 0 Å². The summed E-state index contributed by atoms with van der Waals surface area (Å²) in [6.45, 7) is 3.67. The molecule has 11 heteroatoms. The van der Waals surface area contributed by atoms with Gasteiger partial charge < -0.3 is 20.9 Å². The van der Waals surface area contributed by atoms with Gasteiger partial charge in [0.15, 0.2) is 5.15 Å². The van der Waals surface area contributed by atoms with Crippen LogP contribution in [0.15, 0.2) is 35.5 Å². The molecule has 2 aromatic rings. The van der Waals surface area contributed by atoms with Gasteiger partial charge in [0.25, 0.3) is 11.6 Å². The average Bonchev–Trinajstić information content (AvgIpc) is 3.06. The number of allylic oxidation sites excluding steroid dienone is 1. The highest BCUT2D eigenvalue weighted by Crippen LogP contribution is 2.31. The zero-order chi connectivity index (χ0) is 21.8. The van der Waals surface area contributed by atoms with Gasteiger partial charge in [0, 0.05) is 29.9 Å². The molecule has 2 heterocycles. The Morgan fingerprint density at radius 3 is 2.67 bits per heavy atom. The molecule has 1 unspecified atom stereocenters. The van der Waals surface area contributed by atoms with Crippen molar-refractivity contribution in [2.75, 3.05) is 5.32 Å². The molecule has 3 rings (SSSR count). The molecule has 30 heavy (non-hydrogen) atoms. The number of aryl methyl sites for hydroxylation is 1. The van der Waals surface area contributed by atoms with Gasteiger partial charge in [0.05, 0.1) is 16.2 Å². The summed E-state index contributed by atoms with van der Waals surface area (Å²) in [7, 11) is 0. The lowest BCUT2D eigenvalue weighted by atomic mass is 9.99. The molecule has 0 aliphatic carbocycles. The largest absolute Gasteiger partial charge is 0.343 e. The van der Waals surface area contributed by atoms with E-state index in [0.29, 0.717) is 29.3 Å². The van der Waals surface area contributed by atoms with Crippen LogP contribution in [0.2, 0.25) is 5.15 Å². The first-order valence-electron chi connectivity index (χ1n) is 9.38.